The molecule has 0 saturated heterocycles. The molecule has 172 valence electrons. The lowest BCUT2D eigenvalue weighted by molar-refractivity contribution is -0.151. The highest BCUT2D eigenvalue weighted by molar-refractivity contribution is 6.22. The Bertz CT molecular complexity index is 1230. The highest BCUT2D eigenvalue weighted by Gasteiger charge is 2.43. The van der Waals surface area contributed by atoms with E-state index in [4.69, 9.17) is 4.74 Å². The minimum atomic E-state index is -1.21. The molecule has 1 heterocycles. The Morgan fingerprint density at radius 2 is 1.47 bits per heavy atom. The highest BCUT2D eigenvalue weighted by Crippen LogP contribution is 2.26. The molecule has 0 aromatic heterocycles. The number of aryl methyl sites for hydroxylation is 1. The number of nitrogens with zero attached hydrogens (tertiary/aromatic N) is 1. The Kier molecular flexibility index (Phi) is 6.54. The van der Waals surface area contributed by atoms with Crippen LogP contribution in [0.5, 0.6) is 0 Å². The quantitative estimate of drug-likeness (QED) is 0.432. The number of nitrogens with one attached hydrogen (secondary N) is 1. The van der Waals surface area contributed by atoms with Crippen molar-refractivity contribution in [2.24, 2.45) is 0 Å². The maximum atomic E-state index is 13.1. The van der Waals surface area contributed by atoms with Crippen molar-refractivity contribution in [1.82, 2.24) is 4.90 Å². The maximum Gasteiger partial charge on any atom is 0.330 e. The van der Waals surface area contributed by atoms with Crippen molar-refractivity contribution in [2.45, 2.75) is 26.3 Å². The molecule has 0 saturated carbocycles. The number of benzene rings is 3. The number of esters is 1. The molecule has 1 atom stereocenters. The predicted octanol–water partition coefficient (Wildman–Crippen LogP) is 3.69. The van der Waals surface area contributed by atoms with Gasteiger partial charge in [0.05, 0.1) is 11.1 Å². The first-order chi connectivity index (χ1) is 16.4. The summed E-state index contributed by atoms with van der Waals surface area (Å²) in [6.45, 7) is 3.27. The van der Waals surface area contributed by atoms with E-state index in [-0.39, 0.29) is 17.5 Å². The normalized spacial score (nSPS) is 13.4. The number of anilines is 1. The van der Waals surface area contributed by atoms with E-state index in [9.17, 15) is 19.2 Å². The van der Waals surface area contributed by atoms with Gasteiger partial charge >= 0.3 is 5.97 Å². The molecule has 7 nitrogen and oxygen atoms in total. The van der Waals surface area contributed by atoms with E-state index in [0.29, 0.717) is 5.69 Å². The van der Waals surface area contributed by atoms with Gasteiger partial charge in [-0.15, -0.1) is 0 Å². The van der Waals surface area contributed by atoms with Crippen LogP contribution in [-0.4, -0.2) is 41.2 Å². The zero-order valence-electron chi connectivity index (χ0n) is 18.9. The van der Waals surface area contributed by atoms with Gasteiger partial charge in [-0.05, 0) is 48.7 Å². The van der Waals surface area contributed by atoms with Crippen LogP contribution in [0.3, 0.4) is 0 Å². The van der Waals surface area contributed by atoms with E-state index in [0.717, 1.165) is 21.6 Å². The number of carbonyl (C=O) groups excluding carboxylic acids is 4. The van der Waals surface area contributed by atoms with Crippen molar-refractivity contribution in [3.05, 3.63) is 101 Å². The fraction of sp³-hybridized carbons (Fsp3) is 0.185. The van der Waals surface area contributed by atoms with E-state index in [1.807, 2.05) is 32.0 Å². The van der Waals surface area contributed by atoms with Crippen molar-refractivity contribution in [3.63, 3.8) is 0 Å². The summed E-state index contributed by atoms with van der Waals surface area (Å²) in [5.41, 5.74) is 3.79. The topological polar surface area (TPSA) is 92.8 Å². The first-order valence-corrected chi connectivity index (χ1v) is 10.9. The second-order valence-corrected chi connectivity index (χ2v) is 8.13. The van der Waals surface area contributed by atoms with E-state index >= 15 is 0 Å². The Hall–Kier alpha value is -4.26. The SMILES string of the molecule is Cc1cccc(NC(=O)COC(=O)[C@H](Cc2ccccc2)N2C(=O)c3ccccc3C2=O)c1C. The molecule has 0 fully saturated rings. The summed E-state index contributed by atoms with van der Waals surface area (Å²) in [6, 6.07) is 19.8. The molecular weight excluding hydrogens is 432 g/mol. The lowest BCUT2D eigenvalue weighted by Crippen LogP contribution is -2.47. The molecule has 0 spiro atoms. The van der Waals surface area contributed by atoms with Gasteiger partial charge in [0, 0.05) is 12.1 Å². The Morgan fingerprint density at radius 1 is 0.853 bits per heavy atom. The van der Waals surface area contributed by atoms with Gasteiger partial charge in [0.2, 0.25) is 0 Å². The lowest BCUT2D eigenvalue weighted by atomic mass is 10.0. The van der Waals surface area contributed by atoms with Gasteiger partial charge in [-0.1, -0.05) is 54.6 Å². The standard InChI is InChI=1S/C27H24N2O5/c1-17-9-8-14-22(18(17)2)28-24(30)16-34-27(33)23(15-19-10-4-3-5-11-19)29-25(31)20-12-6-7-13-21(20)26(29)32/h3-14,23H,15-16H2,1-2H3,(H,28,30)/t23-/m0/s1. The van der Waals surface area contributed by atoms with Crippen molar-refractivity contribution in [3.8, 4) is 0 Å². The molecule has 34 heavy (non-hydrogen) atoms. The summed E-state index contributed by atoms with van der Waals surface area (Å²) in [6.07, 6.45) is 0.0732. The number of fused-ring (bicyclic) bond motifs is 1. The molecule has 7 heteroatoms. The van der Waals surface area contributed by atoms with E-state index < -0.39 is 36.3 Å². The molecule has 3 aromatic carbocycles. The van der Waals surface area contributed by atoms with Gasteiger partial charge in [0.15, 0.2) is 6.61 Å². The summed E-state index contributed by atoms with van der Waals surface area (Å²) in [4.78, 5) is 52.5. The number of imide groups is 1. The average Bonchev–Trinajstić information content (AvgIpc) is 3.09. The zero-order valence-corrected chi connectivity index (χ0v) is 18.9. The molecule has 0 radical (unpaired) electrons. The number of amides is 3. The minimum absolute atomic E-state index is 0.0732. The van der Waals surface area contributed by atoms with Crippen LogP contribution < -0.4 is 5.32 Å². The Balaban J connectivity index is 1.52. The van der Waals surface area contributed by atoms with Crippen LogP contribution >= 0.6 is 0 Å². The number of ether oxygens (including phenoxy) is 1. The van der Waals surface area contributed by atoms with Crippen LogP contribution in [0.1, 0.15) is 37.4 Å². The zero-order chi connectivity index (χ0) is 24.2. The summed E-state index contributed by atoms with van der Waals surface area (Å²) in [5, 5.41) is 2.73. The summed E-state index contributed by atoms with van der Waals surface area (Å²) in [5.74, 6) is -2.45. The first kappa shape index (κ1) is 22.9. The Labute approximate surface area is 197 Å². The van der Waals surface area contributed by atoms with Gasteiger partial charge in [-0.3, -0.25) is 19.3 Å². The maximum absolute atomic E-state index is 13.1. The van der Waals surface area contributed by atoms with E-state index in [2.05, 4.69) is 5.32 Å². The molecular formula is C27H24N2O5. The van der Waals surface area contributed by atoms with Crippen molar-refractivity contribution >= 4 is 29.4 Å². The van der Waals surface area contributed by atoms with Crippen LogP contribution in [0.25, 0.3) is 0 Å². The largest absolute Gasteiger partial charge is 0.454 e. The monoisotopic (exact) mass is 456 g/mol. The number of hydrogen-bond acceptors (Lipinski definition) is 5. The molecule has 1 aliphatic heterocycles. The third-order valence-electron chi connectivity index (χ3n) is 5.91. The molecule has 3 amide bonds. The molecule has 3 aromatic rings. The van der Waals surface area contributed by atoms with E-state index in [1.165, 1.54) is 0 Å². The van der Waals surface area contributed by atoms with Crippen LogP contribution in [0.15, 0.2) is 72.8 Å². The highest BCUT2D eigenvalue weighted by atomic mass is 16.5. The van der Waals surface area contributed by atoms with Gasteiger partial charge in [0.1, 0.15) is 6.04 Å². The molecule has 0 bridgehead atoms. The van der Waals surface area contributed by atoms with Gasteiger partial charge in [-0.25, -0.2) is 4.79 Å². The predicted molar refractivity (Wildman–Crippen MR) is 126 cm³/mol. The second kappa shape index (κ2) is 9.70. The van der Waals surface area contributed by atoms with Crippen LogP contribution in [-0.2, 0) is 20.7 Å². The first-order valence-electron chi connectivity index (χ1n) is 10.9. The minimum Gasteiger partial charge on any atom is -0.454 e. The molecule has 1 N–H and O–H groups in total. The van der Waals surface area contributed by atoms with Gasteiger partial charge < -0.3 is 10.1 Å². The lowest BCUT2D eigenvalue weighted by Gasteiger charge is -2.24. The number of hydrogen-bond donors (Lipinski definition) is 1. The summed E-state index contributed by atoms with van der Waals surface area (Å²) >= 11 is 0. The van der Waals surface area contributed by atoms with Gasteiger partial charge in [0.25, 0.3) is 17.7 Å². The summed E-state index contributed by atoms with van der Waals surface area (Å²) < 4.78 is 5.29. The van der Waals surface area contributed by atoms with Crippen LogP contribution in [0, 0.1) is 13.8 Å². The average molecular weight is 456 g/mol. The number of carbonyl (C=O) groups is 4. The van der Waals surface area contributed by atoms with Crippen molar-refractivity contribution < 1.29 is 23.9 Å². The summed E-state index contributed by atoms with van der Waals surface area (Å²) in [7, 11) is 0. The van der Waals surface area contributed by atoms with E-state index in [1.54, 1.807) is 54.6 Å². The van der Waals surface area contributed by atoms with Crippen molar-refractivity contribution in [2.75, 3.05) is 11.9 Å². The molecule has 1 aliphatic rings. The fourth-order valence-corrected chi connectivity index (χ4v) is 3.91. The Morgan fingerprint density at radius 3 is 2.12 bits per heavy atom. The third kappa shape index (κ3) is 4.59. The van der Waals surface area contributed by atoms with Crippen molar-refractivity contribution in [1.29, 1.82) is 0 Å². The second-order valence-electron chi connectivity index (χ2n) is 8.13. The molecule has 0 unspecified atom stereocenters. The fourth-order valence-electron chi connectivity index (χ4n) is 3.91. The smallest absolute Gasteiger partial charge is 0.330 e. The molecule has 4 rings (SSSR count). The van der Waals surface area contributed by atoms with Crippen LogP contribution in [0.4, 0.5) is 5.69 Å². The third-order valence-corrected chi connectivity index (χ3v) is 5.91. The van der Waals surface area contributed by atoms with Gasteiger partial charge in [-0.2, -0.15) is 0 Å². The number of rotatable bonds is 7. The van der Waals surface area contributed by atoms with Crippen LogP contribution in [0.2, 0.25) is 0 Å². The molecule has 0 aliphatic carbocycles.